The van der Waals surface area contributed by atoms with Gasteiger partial charge >= 0.3 is 0 Å². The summed E-state index contributed by atoms with van der Waals surface area (Å²) >= 11 is 0. The van der Waals surface area contributed by atoms with E-state index in [1.165, 1.54) is 5.56 Å². The van der Waals surface area contributed by atoms with E-state index in [1.54, 1.807) is 18.2 Å². The smallest absolute Gasteiger partial charge is 0.262 e. The summed E-state index contributed by atoms with van der Waals surface area (Å²) in [5, 5.41) is 2.74. The molecule has 2 aromatic rings. The van der Waals surface area contributed by atoms with Crippen LogP contribution in [0.15, 0.2) is 48.5 Å². The van der Waals surface area contributed by atoms with Crippen molar-refractivity contribution >= 4 is 17.5 Å². The Morgan fingerprint density at radius 1 is 1.08 bits per heavy atom. The second kappa shape index (κ2) is 6.59. The van der Waals surface area contributed by atoms with Gasteiger partial charge in [-0.15, -0.1) is 0 Å². The molecule has 25 heavy (non-hydrogen) atoms. The van der Waals surface area contributed by atoms with Gasteiger partial charge in [0.2, 0.25) is 0 Å². The zero-order valence-corrected chi connectivity index (χ0v) is 13.9. The number of anilines is 1. The highest BCUT2D eigenvalue weighted by Gasteiger charge is 2.25. The number of hydrogen-bond acceptors (Lipinski definition) is 3. The molecule has 0 unspecified atom stereocenters. The Balaban J connectivity index is 1.43. The van der Waals surface area contributed by atoms with E-state index in [2.05, 4.69) is 29.6 Å². The maximum atomic E-state index is 12.8. The van der Waals surface area contributed by atoms with Crippen molar-refractivity contribution in [1.29, 1.82) is 0 Å². The summed E-state index contributed by atoms with van der Waals surface area (Å²) in [6.07, 6.45) is 1.96. The average molecular weight is 336 g/mol. The molecule has 5 heteroatoms. The van der Waals surface area contributed by atoms with E-state index in [9.17, 15) is 9.59 Å². The molecule has 1 saturated heterocycles. The molecule has 5 nitrogen and oxygen atoms in total. The van der Waals surface area contributed by atoms with Gasteiger partial charge < -0.3 is 15.0 Å². The molecule has 1 fully saturated rings. The summed E-state index contributed by atoms with van der Waals surface area (Å²) in [5.41, 5.74) is 2.58. The van der Waals surface area contributed by atoms with Gasteiger partial charge in [0.1, 0.15) is 5.75 Å². The largest absolute Gasteiger partial charge is 0.482 e. The van der Waals surface area contributed by atoms with Crippen LogP contribution in [0.1, 0.15) is 34.7 Å². The van der Waals surface area contributed by atoms with E-state index in [1.807, 2.05) is 11.0 Å². The molecule has 0 aliphatic carbocycles. The molecule has 0 radical (unpaired) electrons. The fourth-order valence-electron chi connectivity index (χ4n) is 3.53. The quantitative estimate of drug-likeness (QED) is 0.917. The number of amides is 2. The van der Waals surface area contributed by atoms with Crippen molar-refractivity contribution in [1.82, 2.24) is 4.90 Å². The SMILES string of the molecule is O=C1COc2cc(C(=O)N3CCC(c4ccccc4)CC3)ccc2N1. The van der Waals surface area contributed by atoms with Gasteiger partial charge in [0.25, 0.3) is 11.8 Å². The molecule has 4 rings (SSSR count). The number of rotatable bonds is 2. The lowest BCUT2D eigenvalue weighted by Crippen LogP contribution is -2.38. The first-order valence-corrected chi connectivity index (χ1v) is 8.61. The van der Waals surface area contributed by atoms with Crippen LogP contribution in [0.2, 0.25) is 0 Å². The van der Waals surface area contributed by atoms with E-state index in [0.717, 1.165) is 25.9 Å². The number of carbonyl (C=O) groups is 2. The molecule has 2 heterocycles. The Hall–Kier alpha value is -2.82. The van der Waals surface area contributed by atoms with Crippen LogP contribution in [-0.4, -0.2) is 36.4 Å². The number of fused-ring (bicyclic) bond motifs is 1. The first-order chi connectivity index (χ1) is 12.2. The first kappa shape index (κ1) is 15.7. The van der Waals surface area contributed by atoms with Crippen LogP contribution in [0.3, 0.4) is 0 Å². The number of carbonyl (C=O) groups excluding carboxylic acids is 2. The number of piperidine rings is 1. The molecule has 0 atom stereocenters. The number of nitrogens with zero attached hydrogens (tertiary/aromatic N) is 1. The van der Waals surface area contributed by atoms with Gasteiger partial charge in [0.05, 0.1) is 5.69 Å². The van der Waals surface area contributed by atoms with Crippen molar-refractivity contribution < 1.29 is 14.3 Å². The van der Waals surface area contributed by atoms with Crippen LogP contribution in [0.4, 0.5) is 5.69 Å². The van der Waals surface area contributed by atoms with Crippen LogP contribution < -0.4 is 10.1 Å². The third-order valence-corrected chi connectivity index (χ3v) is 4.91. The minimum Gasteiger partial charge on any atom is -0.482 e. The van der Waals surface area contributed by atoms with Crippen molar-refractivity contribution in [2.24, 2.45) is 0 Å². The fraction of sp³-hybridized carbons (Fsp3) is 0.300. The van der Waals surface area contributed by atoms with E-state index in [-0.39, 0.29) is 18.4 Å². The molecule has 2 aliphatic rings. The lowest BCUT2D eigenvalue weighted by atomic mass is 9.89. The van der Waals surface area contributed by atoms with Gasteiger partial charge in [-0.3, -0.25) is 9.59 Å². The Morgan fingerprint density at radius 3 is 2.60 bits per heavy atom. The van der Waals surface area contributed by atoms with Crippen molar-refractivity contribution in [3.8, 4) is 5.75 Å². The van der Waals surface area contributed by atoms with E-state index >= 15 is 0 Å². The Labute approximate surface area is 146 Å². The molecule has 2 aliphatic heterocycles. The highest BCUT2D eigenvalue weighted by atomic mass is 16.5. The second-order valence-electron chi connectivity index (χ2n) is 6.52. The summed E-state index contributed by atoms with van der Waals surface area (Å²) in [4.78, 5) is 26.0. The highest BCUT2D eigenvalue weighted by molar-refractivity contribution is 5.99. The number of hydrogen-bond donors (Lipinski definition) is 1. The van der Waals surface area contributed by atoms with Crippen molar-refractivity contribution in [3.05, 3.63) is 59.7 Å². The van der Waals surface area contributed by atoms with E-state index in [0.29, 0.717) is 22.9 Å². The van der Waals surface area contributed by atoms with Crippen LogP contribution in [-0.2, 0) is 4.79 Å². The molecule has 0 spiro atoms. The summed E-state index contributed by atoms with van der Waals surface area (Å²) in [5.74, 6) is 0.932. The third-order valence-electron chi connectivity index (χ3n) is 4.91. The van der Waals surface area contributed by atoms with Gasteiger partial charge in [0, 0.05) is 18.7 Å². The summed E-state index contributed by atoms with van der Waals surface area (Å²) in [6, 6.07) is 15.7. The predicted molar refractivity (Wildman–Crippen MR) is 94.9 cm³/mol. The zero-order valence-electron chi connectivity index (χ0n) is 13.9. The lowest BCUT2D eigenvalue weighted by molar-refractivity contribution is -0.118. The van der Waals surface area contributed by atoms with Crippen LogP contribution in [0.5, 0.6) is 5.75 Å². The zero-order chi connectivity index (χ0) is 17.2. The molecule has 2 aromatic carbocycles. The molecule has 128 valence electrons. The maximum absolute atomic E-state index is 12.8. The second-order valence-corrected chi connectivity index (χ2v) is 6.52. The Morgan fingerprint density at radius 2 is 1.84 bits per heavy atom. The topological polar surface area (TPSA) is 58.6 Å². The number of nitrogens with one attached hydrogen (secondary N) is 1. The first-order valence-electron chi connectivity index (χ1n) is 8.61. The monoisotopic (exact) mass is 336 g/mol. The minimum absolute atomic E-state index is 0.00683. The van der Waals surface area contributed by atoms with Gasteiger partial charge in [-0.2, -0.15) is 0 Å². The highest BCUT2D eigenvalue weighted by Crippen LogP contribution is 2.31. The van der Waals surface area contributed by atoms with Crippen molar-refractivity contribution in [3.63, 3.8) is 0 Å². The fourth-order valence-corrected chi connectivity index (χ4v) is 3.53. The standard InChI is InChI=1S/C20H20N2O3/c23-19-13-25-18-12-16(6-7-17(18)21-19)20(24)22-10-8-15(9-11-22)14-4-2-1-3-5-14/h1-7,12,15H,8-11,13H2,(H,21,23). The predicted octanol–water partition coefficient (Wildman–Crippen LogP) is 3.04. The van der Waals surface area contributed by atoms with Crippen molar-refractivity contribution in [2.75, 3.05) is 25.0 Å². The van der Waals surface area contributed by atoms with E-state index < -0.39 is 0 Å². The van der Waals surface area contributed by atoms with Crippen LogP contribution >= 0.6 is 0 Å². The summed E-state index contributed by atoms with van der Waals surface area (Å²) in [7, 11) is 0. The number of ether oxygens (including phenoxy) is 1. The molecule has 1 N–H and O–H groups in total. The summed E-state index contributed by atoms with van der Waals surface area (Å²) in [6.45, 7) is 1.51. The van der Waals surface area contributed by atoms with Gasteiger partial charge in [-0.05, 0) is 42.5 Å². The normalized spacial score (nSPS) is 17.4. The van der Waals surface area contributed by atoms with Gasteiger partial charge in [-0.25, -0.2) is 0 Å². The molecular weight excluding hydrogens is 316 g/mol. The molecule has 0 aromatic heterocycles. The van der Waals surface area contributed by atoms with Gasteiger partial charge in [-0.1, -0.05) is 30.3 Å². The van der Waals surface area contributed by atoms with Crippen molar-refractivity contribution in [2.45, 2.75) is 18.8 Å². The molecular formula is C20H20N2O3. The molecule has 2 amide bonds. The molecule has 0 saturated carbocycles. The Kier molecular flexibility index (Phi) is 4.14. The maximum Gasteiger partial charge on any atom is 0.262 e. The van der Waals surface area contributed by atoms with Crippen LogP contribution in [0, 0.1) is 0 Å². The lowest BCUT2D eigenvalue weighted by Gasteiger charge is -2.32. The minimum atomic E-state index is -0.172. The average Bonchev–Trinajstić information content (AvgIpc) is 2.68. The Bertz CT molecular complexity index is 796. The van der Waals surface area contributed by atoms with E-state index in [4.69, 9.17) is 4.74 Å². The van der Waals surface area contributed by atoms with Crippen LogP contribution in [0.25, 0.3) is 0 Å². The molecule has 0 bridgehead atoms. The number of likely N-dealkylation sites (tertiary alicyclic amines) is 1. The number of benzene rings is 2. The summed E-state index contributed by atoms with van der Waals surface area (Å²) < 4.78 is 5.41. The third kappa shape index (κ3) is 3.22. The van der Waals surface area contributed by atoms with Gasteiger partial charge in [0.15, 0.2) is 6.61 Å².